The van der Waals surface area contributed by atoms with Gasteiger partial charge in [-0.25, -0.2) is 4.39 Å². The van der Waals surface area contributed by atoms with Gasteiger partial charge < -0.3 is 5.73 Å². The second kappa shape index (κ2) is 5.09. The minimum absolute atomic E-state index is 0.194. The molecule has 1 aliphatic carbocycles. The Kier molecular flexibility index (Phi) is 3.74. The van der Waals surface area contributed by atoms with Crippen molar-refractivity contribution in [3.05, 3.63) is 24.0 Å². The quantitative estimate of drug-likeness (QED) is 0.787. The van der Waals surface area contributed by atoms with Crippen LogP contribution in [0.25, 0.3) is 0 Å². The molecule has 1 saturated carbocycles. The van der Waals surface area contributed by atoms with E-state index in [0.717, 1.165) is 10.8 Å². The van der Waals surface area contributed by atoms with Crippen LogP contribution in [-0.4, -0.2) is 5.25 Å². The number of nitrogens with two attached hydrogens (primary N) is 1. The highest BCUT2D eigenvalue weighted by molar-refractivity contribution is 8.00. The first-order chi connectivity index (χ1) is 7.65. The molecule has 1 fully saturated rings. The van der Waals surface area contributed by atoms with Crippen LogP contribution in [0.2, 0.25) is 0 Å². The van der Waals surface area contributed by atoms with Gasteiger partial charge in [-0.3, -0.25) is 0 Å². The van der Waals surface area contributed by atoms with Gasteiger partial charge in [0.1, 0.15) is 5.82 Å². The van der Waals surface area contributed by atoms with E-state index < -0.39 is 0 Å². The summed E-state index contributed by atoms with van der Waals surface area (Å²) in [6.07, 6.45) is 5.06. The zero-order valence-electron chi connectivity index (χ0n) is 9.58. The van der Waals surface area contributed by atoms with Crippen molar-refractivity contribution in [1.82, 2.24) is 0 Å². The Morgan fingerprint density at radius 1 is 1.38 bits per heavy atom. The minimum atomic E-state index is -0.194. The Balaban J connectivity index is 2.05. The van der Waals surface area contributed by atoms with E-state index in [1.54, 1.807) is 23.9 Å². The number of anilines is 1. The molecule has 0 spiro atoms. The summed E-state index contributed by atoms with van der Waals surface area (Å²) in [5, 5.41) is 0.604. The minimum Gasteiger partial charge on any atom is -0.398 e. The molecule has 1 nitrogen and oxygen atoms in total. The van der Waals surface area contributed by atoms with E-state index >= 15 is 0 Å². The Hall–Kier alpha value is -0.700. The third kappa shape index (κ3) is 2.91. The van der Waals surface area contributed by atoms with Gasteiger partial charge in [0.05, 0.1) is 0 Å². The van der Waals surface area contributed by atoms with Gasteiger partial charge >= 0.3 is 0 Å². The maximum atomic E-state index is 13.1. The summed E-state index contributed by atoms with van der Waals surface area (Å²) in [7, 11) is 0. The van der Waals surface area contributed by atoms with E-state index in [2.05, 4.69) is 6.92 Å². The number of hydrogen-bond acceptors (Lipinski definition) is 2. The van der Waals surface area contributed by atoms with Crippen molar-refractivity contribution >= 4 is 17.4 Å². The molecule has 0 bridgehead atoms. The van der Waals surface area contributed by atoms with Crippen LogP contribution in [0.15, 0.2) is 23.1 Å². The van der Waals surface area contributed by atoms with Gasteiger partial charge in [-0.2, -0.15) is 0 Å². The number of halogens is 1. The summed E-state index contributed by atoms with van der Waals surface area (Å²) in [6.45, 7) is 2.29. The van der Waals surface area contributed by atoms with Gasteiger partial charge in [0.15, 0.2) is 0 Å². The molecule has 0 aliphatic heterocycles. The largest absolute Gasteiger partial charge is 0.398 e. The van der Waals surface area contributed by atoms with Crippen molar-refractivity contribution in [1.29, 1.82) is 0 Å². The lowest BCUT2D eigenvalue weighted by molar-refractivity contribution is 0.394. The molecule has 0 radical (unpaired) electrons. The van der Waals surface area contributed by atoms with E-state index in [1.165, 1.54) is 31.7 Å². The number of rotatable bonds is 2. The molecule has 3 heteroatoms. The first-order valence-electron chi connectivity index (χ1n) is 5.87. The molecule has 1 aromatic rings. The molecule has 2 unspecified atom stereocenters. The fourth-order valence-corrected chi connectivity index (χ4v) is 3.73. The number of nitrogen functional groups attached to an aromatic ring is 1. The highest BCUT2D eigenvalue weighted by Gasteiger charge is 2.20. The lowest BCUT2D eigenvalue weighted by Crippen LogP contribution is -2.15. The molecule has 0 saturated heterocycles. The Morgan fingerprint density at radius 2 is 2.19 bits per heavy atom. The van der Waals surface area contributed by atoms with Gasteiger partial charge in [-0.05, 0) is 37.0 Å². The summed E-state index contributed by atoms with van der Waals surface area (Å²) >= 11 is 1.74. The highest BCUT2D eigenvalue weighted by atomic mass is 32.2. The van der Waals surface area contributed by atoms with Crippen LogP contribution in [0, 0.1) is 11.7 Å². The molecule has 1 aromatic carbocycles. The lowest BCUT2D eigenvalue weighted by atomic mass is 9.91. The SMILES string of the molecule is CC1CCCC(Sc2cc(F)ccc2N)C1. The topological polar surface area (TPSA) is 26.0 Å². The monoisotopic (exact) mass is 239 g/mol. The van der Waals surface area contributed by atoms with Crippen molar-refractivity contribution in [2.45, 2.75) is 42.8 Å². The van der Waals surface area contributed by atoms with Crippen LogP contribution < -0.4 is 5.73 Å². The number of hydrogen-bond donors (Lipinski definition) is 1. The second-order valence-electron chi connectivity index (χ2n) is 4.69. The summed E-state index contributed by atoms with van der Waals surface area (Å²) < 4.78 is 13.1. The third-order valence-corrected chi connectivity index (χ3v) is 4.53. The molecular formula is C13H18FNS. The molecule has 88 valence electrons. The molecular weight excluding hydrogens is 221 g/mol. The summed E-state index contributed by atoms with van der Waals surface area (Å²) in [4.78, 5) is 0.902. The first-order valence-corrected chi connectivity index (χ1v) is 6.75. The van der Waals surface area contributed by atoms with Crippen LogP contribution in [-0.2, 0) is 0 Å². The second-order valence-corrected chi connectivity index (χ2v) is 6.04. The standard InChI is InChI=1S/C13H18FNS/c1-9-3-2-4-11(7-9)16-13-8-10(14)5-6-12(13)15/h5-6,8-9,11H,2-4,7,15H2,1H3. The van der Waals surface area contributed by atoms with Crippen molar-refractivity contribution in [2.24, 2.45) is 5.92 Å². The van der Waals surface area contributed by atoms with Crippen molar-refractivity contribution in [3.63, 3.8) is 0 Å². The fourth-order valence-electron chi connectivity index (χ4n) is 2.28. The van der Waals surface area contributed by atoms with Crippen LogP contribution in [0.3, 0.4) is 0 Å². The smallest absolute Gasteiger partial charge is 0.124 e. The van der Waals surface area contributed by atoms with Crippen LogP contribution in [0.4, 0.5) is 10.1 Å². The molecule has 0 heterocycles. The molecule has 1 aliphatic rings. The average Bonchev–Trinajstić information content (AvgIpc) is 2.24. The molecule has 2 atom stereocenters. The summed E-state index contributed by atoms with van der Waals surface area (Å²) in [5.41, 5.74) is 6.55. The van der Waals surface area contributed by atoms with Crippen LogP contribution in [0.5, 0.6) is 0 Å². The van der Waals surface area contributed by atoms with E-state index in [-0.39, 0.29) is 5.82 Å². The summed E-state index contributed by atoms with van der Waals surface area (Å²) in [5.74, 6) is 0.599. The van der Waals surface area contributed by atoms with E-state index in [9.17, 15) is 4.39 Å². The highest BCUT2D eigenvalue weighted by Crippen LogP contribution is 2.38. The maximum Gasteiger partial charge on any atom is 0.124 e. The Bertz CT molecular complexity index is 367. The number of thioether (sulfide) groups is 1. The van der Waals surface area contributed by atoms with Gasteiger partial charge in [0.2, 0.25) is 0 Å². The maximum absolute atomic E-state index is 13.1. The molecule has 2 rings (SSSR count). The van der Waals surface area contributed by atoms with E-state index in [0.29, 0.717) is 10.9 Å². The predicted octanol–water partition coefficient (Wildman–Crippen LogP) is 4.08. The van der Waals surface area contributed by atoms with Crippen LogP contribution >= 0.6 is 11.8 Å². The molecule has 0 aromatic heterocycles. The van der Waals surface area contributed by atoms with E-state index in [1.807, 2.05) is 0 Å². The van der Waals surface area contributed by atoms with E-state index in [4.69, 9.17) is 5.73 Å². The molecule has 16 heavy (non-hydrogen) atoms. The third-order valence-electron chi connectivity index (χ3n) is 3.16. The fraction of sp³-hybridized carbons (Fsp3) is 0.538. The van der Waals surface area contributed by atoms with Crippen molar-refractivity contribution < 1.29 is 4.39 Å². The number of benzene rings is 1. The van der Waals surface area contributed by atoms with Gasteiger partial charge in [0, 0.05) is 15.8 Å². The summed E-state index contributed by atoms with van der Waals surface area (Å²) in [6, 6.07) is 4.63. The molecule has 2 N–H and O–H groups in total. The zero-order valence-corrected chi connectivity index (χ0v) is 10.4. The van der Waals surface area contributed by atoms with Crippen molar-refractivity contribution in [3.8, 4) is 0 Å². The predicted molar refractivity (Wildman–Crippen MR) is 68.1 cm³/mol. The van der Waals surface area contributed by atoms with Crippen LogP contribution in [0.1, 0.15) is 32.6 Å². The first kappa shape index (κ1) is 11.8. The molecule has 0 amide bonds. The average molecular weight is 239 g/mol. The van der Waals surface area contributed by atoms with Gasteiger partial charge in [-0.15, -0.1) is 11.8 Å². The van der Waals surface area contributed by atoms with Gasteiger partial charge in [-0.1, -0.05) is 19.8 Å². The van der Waals surface area contributed by atoms with Crippen molar-refractivity contribution in [2.75, 3.05) is 5.73 Å². The normalized spacial score (nSPS) is 25.6. The Labute approximate surface area is 101 Å². The lowest BCUT2D eigenvalue weighted by Gasteiger charge is -2.26. The van der Waals surface area contributed by atoms with Gasteiger partial charge in [0.25, 0.3) is 0 Å². The Morgan fingerprint density at radius 3 is 2.94 bits per heavy atom. The zero-order chi connectivity index (χ0) is 11.5.